The van der Waals surface area contributed by atoms with Crippen molar-refractivity contribution in [2.75, 3.05) is 37.6 Å². The summed E-state index contributed by atoms with van der Waals surface area (Å²) in [6.45, 7) is 8.66. The molecular weight excluding hydrogens is 356 g/mol. The predicted octanol–water partition coefficient (Wildman–Crippen LogP) is 4.03. The number of benzene rings is 2. The summed E-state index contributed by atoms with van der Waals surface area (Å²) in [5, 5.41) is 5.08. The van der Waals surface area contributed by atoms with Crippen LogP contribution in [0.1, 0.15) is 23.6 Å². The van der Waals surface area contributed by atoms with Crippen molar-refractivity contribution in [1.82, 2.24) is 14.7 Å². The van der Waals surface area contributed by atoms with E-state index in [0.29, 0.717) is 0 Å². The van der Waals surface area contributed by atoms with Crippen molar-refractivity contribution in [1.29, 1.82) is 0 Å². The van der Waals surface area contributed by atoms with Crippen LogP contribution in [0.15, 0.2) is 54.6 Å². The Morgan fingerprint density at radius 1 is 0.862 bits per heavy atom. The molecule has 4 nitrogen and oxygen atoms in total. The summed E-state index contributed by atoms with van der Waals surface area (Å²) in [5.74, 6) is 1.24. The number of hydrogen-bond acceptors (Lipinski definition) is 3. The molecule has 0 N–H and O–H groups in total. The van der Waals surface area contributed by atoms with E-state index in [2.05, 4.69) is 76.0 Å². The van der Waals surface area contributed by atoms with E-state index < -0.39 is 0 Å². The molecule has 0 unspecified atom stereocenters. The molecule has 0 radical (unpaired) electrons. The molecule has 0 bridgehead atoms. The van der Waals surface area contributed by atoms with Crippen LogP contribution in [-0.4, -0.2) is 47.4 Å². The fraction of sp³-hybridized carbons (Fsp3) is 0.400. The van der Waals surface area contributed by atoms with Crippen molar-refractivity contribution in [2.45, 2.75) is 32.7 Å². The van der Waals surface area contributed by atoms with E-state index >= 15 is 0 Å². The Hall–Kier alpha value is -2.59. The van der Waals surface area contributed by atoms with Crippen molar-refractivity contribution in [2.24, 2.45) is 0 Å². The maximum absolute atomic E-state index is 5.08. The molecule has 5 rings (SSSR count). The quantitative estimate of drug-likeness (QED) is 0.662. The van der Waals surface area contributed by atoms with Crippen LogP contribution in [0.3, 0.4) is 0 Å². The van der Waals surface area contributed by atoms with Gasteiger partial charge in [-0.05, 0) is 37.3 Å². The van der Waals surface area contributed by atoms with Crippen molar-refractivity contribution >= 4 is 5.82 Å². The van der Waals surface area contributed by atoms with Crippen molar-refractivity contribution < 1.29 is 0 Å². The van der Waals surface area contributed by atoms with E-state index in [9.17, 15) is 0 Å². The first-order valence-corrected chi connectivity index (χ1v) is 11.0. The predicted molar refractivity (Wildman–Crippen MR) is 120 cm³/mol. The van der Waals surface area contributed by atoms with Crippen LogP contribution in [0.5, 0.6) is 0 Å². The highest BCUT2D eigenvalue weighted by Gasteiger charge is 2.28. The minimum atomic E-state index is 0.924. The monoisotopic (exact) mass is 386 g/mol. The van der Waals surface area contributed by atoms with Crippen molar-refractivity contribution in [3.8, 4) is 11.3 Å². The lowest BCUT2D eigenvalue weighted by Crippen LogP contribution is -2.47. The van der Waals surface area contributed by atoms with Crippen molar-refractivity contribution in [3.63, 3.8) is 0 Å². The highest BCUT2D eigenvalue weighted by atomic mass is 15.4. The summed E-state index contributed by atoms with van der Waals surface area (Å²) in [6.07, 6.45) is 3.37. The van der Waals surface area contributed by atoms with E-state index in [1.807, 2.05) is 0 Å². The van der Waals surface area contributed by atoms with Crippen LogP contribution < -0.4 is 4.90 Å². The van der Waals surface area contributed by atoms with Gasteiger partial charge in [0.2, 0.25) is 0 Å². The van der Waals surface area contributed by atoms with Crippen LogP contribution >= 0.6 is 0 Å². The molecule has 2 aromatic carbocycles. The Morgan fingerprint density at radius 3 is 2.41 bits per heavy atom. The molecular formula is C25H30N4. The molecule has 2 heterocycles. The maximum atomic E-state index is 5.08. The first-order valence-electron chi connectivity index (χ1n) is 11.0. The molecule has 0 saturated carbocycles. The van der Waals surface area contributed by atoms with Gasteiger partial charge < -0.3 is 4.90 Å². The summed E-state index contributed by atoms with van der Waals surface area (Å²) < 4.78 is 2.23. The summed E-state index contributed by atoms with van der Waals surface area (Å²) in [6, 6.07) is 19.7. The van der Waals surface area contributed by atoms with Crippen LogP contribution in [0, 0.1) is 0 Å². The Labute approximate surface area is 173 Å². The van der Waals surface area contributed by atoms with Crippen LogP contribution in [0.4, 0.5) is 5.82 Å². The Bertz CT molecular complexity index is 968. The smallest absolute Gasteiger partial charge is 0.154 e. The van der Waals surface area contributed by atoms with Gasteiger partial charge in [0.15, 0.2) is 5.82 Å². The van der Waals surface area contributed by atoms with Crippen LogP contribution in [0.25, 0.3) is 11.3 Å². The average molecular weight is 387 g/mol. The Morgan fingerprint density at radius 2 is 1.62 bits per heavy atom. The largest absolute Gasteiger partial charge is 0.352 e. The fourth-order valence-electron chi connectivity index (χ4n) is 4.85. The normalized spacial score (nSPS) is 16.5. The minimum absolute atomic E-state index is 0.924. The first-order chi connectivity index (χ1) is 14.3. The maximum Gasteiger partial charge on any atom is 0.154 e. The molecule has 0 spiro atoms. The highest BCUT2D eigenvalue weighted by Crippen LogP contribution is 2.38. The lowest BCUT2D eigenvalue weighted by molar-refractivity contribution is 0.260. The average Bonchev–Trinajstić information content (AvgIpc) is 3.18. The molecule has 0 amide bonds. The van der Waals surface area contributed by atoms with E-state index in [1.54, 1.807) is 0 Å². The SMILES string of the molecule is CCn1nc(N2CCN(CCc3ccccc3)CC2)c2c1-c1ccccc1CC2. The number of aryl methyl sites for hydroxylation is 2. The number of piperazine rings is 1. The number of rotatable bonds is 5. The summed E-state index contributed by atoms with van der Waals surface area (Å²) in [4.78, 5) is 5.13. The molecule has 1 fully saturated rings. The zero-order valence-corrected chi connectivity index (χ0v) is 17.3. The van der Waals surface area contributed by atoms with Gasteiger partial charge in [-0.25, -0.2) is 0 Å². The van der Waals surface area contributed by atoms with Gasteiger partial charge in [0, 0.05) is 50.4 Å². The molecule has 0 atom stereocenters. The summed E-state index contributed by atoms with van der Waals surface area (Å²) in [7, 11) is 0. The lowest BCUT2D eigenvalue weighted by atomic mass is 9.89. The molecule has 2 aliphatic rings. The summed E-state index contributed by atoms with van der Waals surface area (Å²) in [5.41, 5.74) is 7.10. The molecule has 1 aromatic heterocycles. The number of nitrogens with zero attached hydrogens (tertiary/aromatic N) is 4. The second kappa shape index (κ2) is 8.03. The van der Waals surface area contributed by atoms with E-state index in [-0.39, 0.29) is 0 Å². The molecule has 1 aliphatic heterocycles. The van der Waals surface area contributed by atoms with E-state index in [4.69, 9.17) is 5.10 Å². The van der Waals surface area contributed by atoms with E-state index in [0.717, 1.165) is 58.5 Å². The van der Waals surface area contributed by atoms with Gasteiger partial charge in [0.1, 0.15) is 0 Å². The third-order valence-electron chi connectivity index (χ3n) is 6.48. The van der Waals surface area contributed by atoms with Crippen molar-refractivity contribution in [3.05, 3.63) is 71.3 Å². The van der Waals surface area contributed by atoms with Crippen LogP contribution in [-0.2, 0) is 25.8 Å². The summed E-state index contributed by atoms with van der Waals surface area (Å²) >= 11 is 0. The van der Waals surface area contributed by atoms with Gasteiger partial charge in [-0.1, -0.05) is 54.6 Å². The number of aromatic nitrogens is 2. The van der Waals surface area contributed by atoms with E-state index in [1.165, 1.54) is 33.8 Å². The Balaban J connectivity index is 1.30. The molecule has 3 aromatic rings. The second-order valence-electron chi connectivity index (χ2n) is 8.19. The molecule has 1 aliphatic carbocycles. The van der Waals surface area contributed by atoms with Crippen LogP contribution in [0.2, 0.25) is 0 Å². The second-order valence-corrected chi connectivity index (χ2v) is 8.19. The third kappa shape index (κ3) is 3.58. The molecule has 150 valence electrons. The zero-order chi connectivity index (χ0) is 19.6. The third-order valence-corrected chi connectivity index (χ3v) is 6.48. The van der Waals surface area contributed by atoms with Gasteiger partial charge in [-0.15, -0.1) is 0 Å². The molecule has 4 heteroatoms. The molecule has 29 heavy (non-hydrogen) atoms. The lowest BCUT2D eigenvalue weighted by Gasteiger charge is -2.35. The van der Waals surface area contributed by atoms with Gasteiger partial charge in [0.25, 0.3) is 0 Å². The molecule has 1 saturated heterocycles. The topological polar surface area (TPSA) is 24.3 Å². The minimum Gasteiger partial charge on any atom is -0.352 e. The van der Waals surface area contributed by atoms with Gasteiger partial charge in [-0.2, -0.15) is 5.10 Å². The number of anilines is 1. The number of fused-ring (bicyclic) bond motifs is 3. The standard InChI is InChI=1S/C25H30N4/c1-2-29-24-22-11-7-6-10-21(22)12-13-23(24)25(26-29)28-18-16-27(17-19-28)15-14-20-8-4-3-5-9-20/h3-11H,2,12-19H2,1H3. The van der Waals surface area contributed by atoms with Gasteiger partial charge >= 0.3 is 0 Å². The van der Waals surface area contributed by atoms with Gasteiger partial charge in [-0.3, -0.25) is 9.58 Å². The van der Waals surface area contributed by atoms with Gasteiger partial charge in [0.05, 0.1) is 5.69 Å². The highest BCUT2D eigenvalue weighted by molar-refractivity contribution is 5.75. The fourth-order valence-corrected chi connectivity index (χ4v) is 4.85. The first kappa shape index (κ1) is 18.4. The zero-order valence-electron chi connectivity index (χ0n) is 17.3. The number of hydrogen-bond donors (Lipinski definition) is 0. The Kier molecular flexibility index (Phi) is 5.11.